The zero-order chi connectivity index (χ0) is 31.1. The monoisotopic (exact) mass is 640 g/mol. The number of rotatable bonds is 6. The van der Waals surface area contributed by atoms with Crippen LogP contribution in [0, 0.1) is 30.0 Å². The summed E-state index contributed by atoms with van der Waals surface area (Å²) in [4.78, 5) is 18.7. The number of fused-ring (bicyclic) bond motifs is 4. The van der Waals surface area contributed by atoms with Crippen molar-refractivity contribution >= 4 is 51.0 Å². The SMILES string of the molecule is Cc1nc2c(F)c(-c3cccc(Cl)c3Cl)c(CCC#N)cc2c2c1cc(C(C)NC(=O)N1CC(F)(F)C1)n2[C@H]1[C@H]2CN[C@@H]1C2. The molecule has 4 atom stereocenters. The second kappa shape index (κ2) is 10.5. The van der Waals surface area contributed by atoms with Gasteiger partial charge >= 0.3 is 6.03 Å². The van der Waals surface area contributed by atoms with Crippen LogP contribution in [-0.4, -0.2) is 52.1 Å². The molecule has 3 aliphatic heterocycles. The molecule has 2 N–H and O–H groups in total. The molecule has 0 radical (unpaired) electrons. The fourth-order valence-corrected chi connectivity index (χ4v) is 7.58. The molecule has 1 saturated carbocycles. The van der Waals surface area contributed by atoms with Crippen LogP contribution < -0.4 is 10.6 Å². The summed E-state index contributed by atoms with van der Waals surface area (Å²) in [5.74, 6) is -3.06. The van der Waals surface area contributed by atoms with E-state index in [9.17, 15) is 18.8 Å². The maximum absolute atomic E-state index is 16.8. The van der Waals surface area contributed by atoms with Gasteiger partial charge in [0.1, 0.15) is 5.52 Å². The van der Waals surface area contributed by atoms with Crippen molar-refractivity contribution in [3.63, 3.8) is 0 Å². The van der Waals surface area contributed by atoms with E-state index < -0.39 is 36.9 Å². The number of halogens is 5. The summed E-state index contributed by atoms with van der Waals surface area (Å²) in [5.41, 5.74) is 3.67. The second-order valence-electron chi connectivity index (χ2n) is 12.2. The number of benzene rings is 2. The number of amides is 2. The summed E-state index contributed by atoms with van der Waals surface area (Å²) in [7, 11) is 0. The van der Waals surface area contributed by atoms with Gasteiger partial charge in [0.05, 0.1) is 46.8 Å². The predicted molar refractivity (Wildman–Crippen MR) is 164 cm³/mol. The van der Waals surface area contributed by atoms with Crippen molar-refractivity contribution in [1.82, 2.24) is 25.1 Å². The number of likely N-dealkylation sites (tertiary alicyclic amines) is 1. The number of aryl methyl sites for hydroxylation is 2. The quantitative estimate of drug-likeness (QED) is 0.231. The highest BCUT2D eigenvalue weighted by atomic mass is 35.5. The van der Waals surface area contributed by atoms with Gasteiger partial charge in [0, 0.05) is 52.3 Å². The van der Waals surface area contributed by atoms with E-state index in [-0.39, 0.29) is 41.0 Å². The molecule has 2 aromatic heterocycles. The maximum atomic E-state index is 16.8. The number of nitrogens with one attached hydrogen (secondary N) is 2. The van der Waals surface area contributed by atoms with E-state index in [2.05, 4.69) is 21.3 Å². The molecule has 4 fully saturated rings. The normalized spacial score (nSPS) is 22.5. The van der Waals surface area contributed by atoms with Gasteiger partial charge in [-0.3, -0.25) is 0 Å². The topological polar surface area (TPSA) is 86.0 Å². The third-order valence-electron chi connectivity index (χ3n) is 9.35. The molecule has 2 aromatic carbocycles. The van der Waals surface area contributed by atoms with Crippen LogP contribution in [0.4, 0.5) is 18.0 Å². The molecule has 0 spiro atoms. The highest BCUT2D eigenvalue weighted by Crippen LogP contribution is 2.49. The Labute approximate surface area is 261 Å². The lowest BCUT2D eigenvalue weighted by molar-refractivity contribution is -0.110. The van der Waals surface area contributed by atoms with Gasteiger partial charge in [-0.05, 0) is 56.4 Å². The standard InChI is InChI=1S/C32H29Cl2F3N6O/c1-15-20-11-24(16(2)41-31(44)42-13-32(36,37)14-42)43(29-18-10-23(29)39-12-18)30(20)21-9-17(5-4-8-38)25(27(35)28(21)40-15)19-6-3-7-22(33)26(19)34/h3,6-7,9,11,16,18,23,29,39H,4-5,10,12-14H2,1-2H3,(H,41,44)/t16?,18-,23-,29+/m1/s1. The van der Waals surface area contributed by atoms with Crippen LogP contribution in [0.25, 0.3) is 32.9 Å². The molecule has 8 rings (SSSR count). The maximum Gasteiger partial charge on any atom is 0.318 e. The summed E-state index contributed by atoms with van der Waals surface area (Å²) in [6.45, 7) is 3.28. The summed E-state index contributed by atoms with van der Waals surface area (Å²) in [6.07, 6.45) is 1.46. The zero-order valence-electron chi connectivity index (χ0n) is 24.0. The molecule has 1 aliphatic carbocycles. The number of nitriles is 1. The Bertz CT molecular complexity index is 1880. The van der Waals surface area contributed by atoms with Crippen LogP contribution >= 0.6 is 23.2 Å². The van der Waals surface area contributed by atoms with Crippen molar-refractivity contribution < 1.29 is 18.0 Å². The number of hydrogen-bond donors (Lipinski definition) is 2. The third-order valence-corrected chi connectivity index (χ3v) is 10.2. The molecule has 3 saturated heterocycles. The molecule has 228 valence electrons. The molecule has 1 unspecified atom stereocenters. The Hall–Kier alpha value is -3.52. The van der Waals surface area contributed by atoms with Crippen LogP contribution in [-0.2, 0) is 6.42 Å². The smallest absolute Gasteiger partial charge is 0.318 e. The first-order valence-corrected chi connectivity index (χ1v) is 15.4. The van der Waals surface area contributed by atoms with Crippen molar-refractivity contribution in [3.05, 3.63) is 63.1 Å². The Morgan fingerprint density at radius 2 is 2.05 bits per heavy atom. The van der Waals surface area contributed by atoms with Crippen LogP contribution in [0.5, 0.6) is 0 Å². The second-order valence-corrected chi connectivity index (χ2v) is 12.9. The lowest BCUT2D eigenvalue weighted by Crippen LogP contribution is -2.61. The number of carbonyl (C=O) groups excluding carboxylic acids is 1. The van der Waals surface area contributed by atoms with Gasteiger partial charge in [0.25, 0.3) is 5.92 Å². The van der Waals surface area contributed by atoms with E-state index in [1.807, 2.05) is 26.0 Å². The molecule has 4 aromatic rings. The van der Waals surface area contributed by atoms with Crippen molar-refractivity contribution in [2.75, 3.05) is 19.6 Å². The van der Waals surface area contributed by atoms with Crippen molar-refractivity contribution in [1.29, 1.82) is 5.26 Å². The van der Waals surface area contributed by atoms with E-state index in [1.54, 1.807) is 18.2 Å². The van der Waals surface area contributed by atoms with Crippen LogP contribution in [0.3, 0.4) is 0 Å². The summed E-state index contributed by atoms with van der Waals surface area (Å²) < 4.78 is 45.9. The number of aromatic nitrogens is 2. The lowest BCUT2D eigenvalue weighted by atomic mass is 9.79. The van der Waals surface area contributed by atoms with E-state index >= 15 is 4.39 Å². The number of alkyl halides is 2. The summed E-state index contributed by atoms with van der Waals surface area (Å²) >= 11 is 12.9. The van der Waals surface area contributed by atoms with Crippen molar-refractivity contribution in [3.8, 4) is 17.2 Å². The van der Waals surface area contributed by atoms with E-state index in [4.69, 9.17) is 28.2 Å². The highest BCUT2D eigenvalue weighted by molar-refractivity contribution is 6.43. The zero-order valence-corrected chi connectivity index (χ0v) is 25.5. The van der Waals surface area contributed by atoms with Crippen molar-refractivity contribution in [2.45, 2.75) is 57.2 Å². The molecule has 4 aliphatic rings. The molecule has 44 heavy (non-hydrogen) atoms. The Kier molecular flexibility index (Phi) is 6.99. The molecular weight excluding hydrogens is 612 g/mol. The predicted octanol–water partition coefficient (Wildman–Crippen LogP) is 7.32. The number of hydrogen-bond acceptors (Lipinski definition) is 4. The van der Waals surface area contributed by atoms with Gasteiger partial charge in [-0.1, -0.05) is 35.3 Å². The van der Waals surface area contributed by atoms with E-state index in [0.29, 0.717) is 33.1 Å². The highest BCUT2D eigenvalue weighted by Gasteiger charge is 2.50. The summed E-state index contributed by atoms with van der Waals surface area (Å²) in [6, 6.07) is 10.3. The third kappa shape index (κ3) is 4.51. The fraction of sp³-hybridized carbons (Fsp3) is 0.406. The Morgan fingerprint density at radius 3 is 2.70 bits per heavy atom. The largest absolute Gasteiger partial charge is 0.337 e. The van der Waals surface area contributed by atoms with Gasteiger partial charge in [0.2, 0.25) is 0 Å². The minimum Gasteiger partial charge on any atom is -0.337 e. The Balaban J connectivity index is 1.44. The molecular formula is C32H29Cl2F3N6O. The first-order valence-electron chi connectivity index (χ1n) is 14.6. The van der Waals surface area contributed by atoms with Gasteiger partial charge in [-0.2, -0.15) is 5.26 Å². The van der Waals surface area contributed by atoms with Crippen LogP contribution in [0.2, 0.25) is 10.0 Å². The molecule has 2 amide bonds. The van der Waals surface area contributed by atoms with E-state index in [0.717, 1.165) is 34.5 Å². The van der Waals surface area contributed by atoms with Crippen LogP contribution in [0.15, 0.2) is 30.3 Å². The number of urea groups is 1. The average Bonchev–Trinajstić information content (AvgIpc) is 3.70. The first-order chi connectivity index (χ1) is 21.0. The average molecular weight is 642 g/mol. The van der Waals surface area contributed by atoms with Gasteiger partial charge in [0.15, 0.2) is 5.82 Å². The first kappa shape index (κ1) is 29.2. The number of carbonyl (C=O) groups is 1. The van der Waals surface area contributed by atoms with Crippen molar-refractivity contribution in [2.24, 2.45) is 5.92 Å². The van der Waals surface area contributed by atoms with Gasteiger partial charge in [-0.15, -0.1) is 0 Å². The minimum absolute atomic E-state index is 0.0628. The molecule has 5 heterocycles. The fourth-order valence-electron chi connectivity index (χ4n) is 7.18. The van der Waals surface area contributed by atoms with Crippen LogP contribution in [0.1, 0.15) is 48.8 Å². The van der Waals surface area contributed by atoms with Gasteiger partial charge in [-0.25, -0.2) is 22.9 Å². The molecule has 2 bridgehead atoms. The van der Waals surface area contributed by atoms with Gasteiger partial charge < -0.3 is 20.1 Å². The lowest BCUT2D eigenvalue weighted by Gasteiger charge is -2.40. The molecule has 12 heteroatoms. The number of pyridine rings is 1. The molecule has 7 nitrogen and oxygen atoms in total. The van der Waals surface area contributed by atoms with E-state index in [1.165, 1.54) is 0 Å². The Morgan fingerprint density at radius 1 is 1.27 bits per heavy atom. The summed E-state index contributed by atoms with van der Waals surface area (Å²) in [5, 5.41) is 17.8. The number of nitrogens with zero attached hydrogens (tertiary/aromatic N) is 4. The minimum atomic E-state index is -2.87.